The number of hydrogen-bond acceptors (Lipinski definition) is 2. The Hall–Kier alpha value is -1.10. The Bertz CT molecular complexity index is 320. The van der Waals surface area contributed by atoms with Crippen molar-refractivity contribution in [3.63, 3.8) is 0 Å². The molecular formula is C12H21FNO3+. The van der Waals surface area contributed by atoms with Crippen LogP contribution < -0.4 is 0 Å². The van der Waals surface area contributed by atoms with E-state index >= 15 is 0 Å². The van der Waals surface area contributed by atoms with Gasteiger partial charge in [0, 0.05) is 13.1 Å². The van der Waals surface area contributed by atoms with E-state index in [0.29, 0.717) is 18.5 Å². The number of nitrogens with zero attached hydrogens (tertiary/aromatic N) is 1. The number of halogens is 1. The van der Waals surface area contributed by atoms with Crippen LogP contribution in [-0.2, 0) is 4.74 Å². The van der Waals surface area contributed by atoms with Gasteiger partial charge in [-0.25, -0.2) is 9.18 Å². The Kier molecular flexibility index (Phi) is 4.51. The first kappa shape index (κ1) is 14.0. The van der Waals surface area contributed by atoms with Gasteiger partial charge in [0.1, 0.15) is 5.60 Å². The fraction of sp³-hybridized carbons (Fsp3) is 0.750. The maximum absolute atomic E-state index is 13.3. The fourth-order valence-electron chi connectivity index (χ4n) is 1.70. The van der Waals surface area contributed by atoms with Crippen molar-refractivity contribution in [3.8, 4) is 0 Å². The van der Waals surface area contributed by atoms with Gasteiger partial charge >= 0.3 is 6.09 Å². The van der Waals surface area contributed by atoms with E-state index in [1.807, 2.05) is 0 Å². The van der Waals surface area contributed by atoms with Crippen molar-refractivity contribution < 1.29 is 19.0 Å². The van der Waals surface area contributed by atoms with E-state index in [1.54, 1.807) is 20.8 Å². The molecule has 0 unspecified atom stereocenters. The van der Waals surface area contributed by atoms with Crippen LogP contribution in [0.15, 0.2) is 11.4 Å². The molecule has 2 N–H and O–H groups in total. The smallest absolute Gasteiger partial charge is 0.410 e. The summed E-state index contributed by atoms with van der Waals surface area (Å²) in [5.41, 5.74) is 0.0175. The standard InChI is InChI=1S/C12H20FNO3/c1-12(2,3)17-11(16)14-6-4-5-9(7-14)10(13)8-15/h15H,4-8H2,1-3H3/p+1/b10-9-. The van der Waals surface area contributed by atoms with Gasteiger partial charge in [-0.3, -0.25) is 0 Å². The second kappa shape index (κ2) is 5.49. The minimum absolute atomic E-state index is 0.250. The first-order valence-corrected chi connectivity index (χ1v) is 5.82. The number of carbonyl (C=O) groups is 1. The lowest BCUT2D eigenvalue weighted by Crippen LogP contribution is -2.40. The quantitative estimate of drug-likeness (QED) is 0.664. The van der Waals surface area contributed by atoms with Gasteiger partial charge in [-0.15, -0.1) is 0 Å². The van der Waals surface area contributed by atoms with E-state index in [9.17, 15) is 9.18 Å². The molecule has 0 atom stereocenters. The summed E-state index contributed by atoms with van der Waals surface area (Å²) in [5.74, 6) is -0.418. The summed E-state index contributed by atoms with van der Waals surface area (Å²) in [5, 5.41) is 6.99. The van der Waals surface area contributed by atoms with Crippen LogP contribution in [0.4, 0.5) is 9.18 Å². The molecule has 1 aliphatic rings. The normalized spacial score (nSPS) is 20.2. The van der Waals surface area contributed by atoms with Gasteiger partial charge < -0.3 is 14.7 Å². The number of piperidine rings is 1. The molecule has 0 aromatic rings. The molecule has 1 rings (SSSR count). The minimum atomic E-state index is -0.535. The molecule has 0 spiro atoms. The van der Waals surface area contributed by atoms with Crippen LogP contribution in [0.3, 0.4) is 0 Å². The number of rotatable bonds is 1. The summed E-state index contributed by atoms with van der Waals surface area (Å²) in [6.07, 6.45) is 0.943. The van der Waals surface area contributed by atoms with Crippen molar-refractivity contribution in [2.75, 3.05) is 19.7 Å². The van der Waals surface area contributed by atoms with Crippen molar-refractivity contribution in [3.05, 3.63) is 11.4 Å². The van der Waals surface area contributed by atoms with Gasteiger partial charge in [0.25, 0.3) is 0 Å². The van der Waals surface area contributed by atoms with Gasteiger partial charge in [0.05, 0.1) is 0 Å². The second-order valence-electron chi connectivity index (χ2n) is 5.19. The first-order chi connectivity index (χ1) is 7.83. The highest BCUT2D eigenvalue weighted by atomic mass is 19.1. The molecule has 0 bridgehead atoms. The van der Waals surface area contributed by atoms with Gasteiger partial charge in [-0.05, 0) is 39.2 Å². The van der Waals surface area contributed by atoms with Crippen molar-refractivity contribution in [2.24, 2.45) is 0 Å². The van der Waals surface area contributed by atoms with Crippen LogP contribution in [0, 0.1) is 0 Å². The van der Waals surface area contributed by atoms with Gasteiger partial charge in [0.2, 0.25) is 0 Å². The summed E-state index contributed by atoms with van der Waals surface area (Å²) in [6, 6.07) is 0. The third-order valence-electron chi connectivity index (χ3n) is 2.48. The van der Waals surface area contributed by atoms with E-state index < -0.39 is 17.5 Å². The van der Waals surface area contributed by atoms with E-state index in [2.05, 4.69) is 0 Å². The van der Waals surface area contributed by atoms with Gasteiger partial charge in [-0.1, -0.05) is 0 Å². The Morgan fingerprint density at radius 1 is 1.53 bits per heavy atom. The topological polar surface area (TPSA) is 52.4 Å². The predicted octanol–water partition coefficient (Wildman–Crippen LogP) is 1.97. The zero-order chi connectivity index (χ0) is 13.1. The number of ether oxygens (including phenoxy) is 1. The molecule has 0 aliphatic carbocycles. The molecule has 1 saturated heterocycles. The molecule has 98 valence electrons. The highest BCUT2D eigenvalue weighted by Crippen LogP contribution is 2.21. The summed E-state index contributed by atoms with van der Waals surface area (Å²) in [6.45, 7) is 5.89. The molecular weight excluding hydrogens is 225 g/mol. The monoisotopic (exact) mass is 246 g/mol. The first-order valence-electron chi connectivity index (χ1n) is 5.82. The Balaban J connectivity index is 2.64. The molecule has 17 heavy (non-hydrogen) atoms. The van der Waals surface area contributed by atoms with E-state index in [-0.39, 0.29) is 13.2 Å². The predicted molar refractivity (Wildman–Crippen MR) is 63.7 cm³/mol. The SMILES string of the molecule is CC(C)(C)OC(=O)N1CCC/C(=C(/F)C[OH2+])C1. The average Bonchev–Trinajstić information content (AvgIpc) is 2.26. The molecule has 0 aromatic carbocycles. The zero-order valence-corrected chi connectivity index (χ0v) is 10.7. The minimum Gasteiger partial charge on any atom is -0.444 e. The molecule has 0 radical (unpaired) electrons. The number of carbonyl (C=O) groups excluding carboxylic acids is 1. The third-order valence-corrected chi connectivity index (χ3v) is 2.48. The maximum Gasteiger partial charge on any atom is 0.410 e. The van der Waals surface area contributed by atoms with Crippen molar-refractivity contribution in [1.82, 2.24) is 4.90 Å². The molecule has 1 aliphatic heterocycles. The largest absolute Gasteiger partial charge is 0.444 e. The average molecular weight is 246 g/mol. The highest BCUT2D eigenvalue weighted by molar-refractivity contribution is 5.68. The van der Waals surface area contributed by atoms with Crippen LogP contribution in [0.1, 0.15) is 33.6 Å². The lowest BCUT2D eigenvalue weighted by Gasteiger charge is -2.31. The van der Waals surface area contributed by atoms with Crippen LogP contribution in [0.25, 0.3) is 0 Å². The van der Waals surface area contributed by atoms with Crippen LogP contribution in [-0.4, -0.2) is 41.4 Å². The summed E-state index contributed by atoms with van der Waals surface area (Å²) in [7, 11) is 0. The van der Waals surface area contributed by atoms with E-state index in [4.69, 9.17) is 9.84 Å². The number of hydrogen-bond donors (Lipinski definition) is 0. The molecule has 1 heterocycles. The molecule has 1 fully saturated rings. The third kappa shape index (κ3) is 4.34. The van der Waals surface area contributed by atoms with Crippen molar-refractivity contribution in [1.29, 1.82) is 0 Å². The molecule has 0 aromatic heterocycles. The molecule has 4 nitrogen and oxygen atoms in total. The van der Waals surface area contributed by atoms with Crippen LogP contribution in [0.5, 0.6) is 0 Å². The van der Waals surface area contributed by atoms with Crippen molar-refractivity contribution in [2.45, 2.75) is 39.2 Å². The lowest BCUT2D eigenvalue weighted by atomic mass is 10.0. The number of likely N-dealkylation sites (tertiary alicyclic amines) is 1. The summed E-state index contributed by atoms with van der Waals surface area (Å²) < 4.78 is 18.5. The molecule has 0 saturated carbocycles. The zero-order valence-electron chi connectivity index (χ0n) is 10.7. The summed E-state index contributed by atoms with van der Waals surface area (Å²) >= 11 is 0. The van der Waals surface area contributed by atoms with Crippen LogP contribution >= 0.6 is 0 Å². The van der Waals surface area contributed by atoms with Crippen molar-refractivity contribution >= 4 is 6.09 Å². The van der Waals surface area contributed by atoms with Crippen LogP contribution in [0.2, 0.25) is 0 Å². The Labute approximate surface area is 101 Å². The molecule has 1 amide bonds. The van der Waals surface area contributed by atoms with E-state index in [1.165, 1.54) is 4.90 Å². The number of amides is 1. The van der Waals surface area contributed by atoms with Gasteiger partial charge in [-0.2, -0.15) is 0 Å². The Morgan fingerprint density at radius 3 is 2.71 bits per heavy atom. The maximum atomic E-state index is 13.3. The molecule has 5 heteroatoms. The van der Waals surface area contributed by atoms with Gasteiger partial charge in [0.15, 0.2) is 12.4 Å². The lowest BCUT2D eigenvalue weighted by molar-refractivity contribution is 0.0244. The highest BCUT2D eigenvalue weighted by Gasteiger charge is 2.26. The Morgan fingerprint density at radius 2 is 2.18 bits per heavy atom. The second-order valence-corrected chi connectivity index (χ2v) is 5.19. The van der Waals surface area contributed by atoms with E-state index in [0.717, 1.165) is 6.42 Å². The fourth-order valence-corrected chi connectivity index (χ4v) is 1.70. The summed E-state index contributed by atoms with van der Waals surface area (Å²) in [4.78, 5) is 13.3.